The first-order valence-corrected chi connectivity index (χ1v) is 4.40. The van der Waals surface area contributed by atoms with Gasteiger partial charge in [0.25, 0.3) is 0 Å². The van der Waals surface area contributed by atoms with E-state index in [9.17, 15) is 4.79 Å². The highest BCUT2D eigenvalue weighted by Crippen LogP contribution is 2.16. The van der Waals surface area contributed by atoms with Gasteiger partial charge in [0.05, 0.1) is 18.7 Å². The van der Waals surface area contributed by atoms with Crippen molar-refractivity contribution in [2.24, 2.45) is 0 Å². The van der Waals surface area contributed by atoms with Gasteiger partial charge in [0.1, 0.15) is 0 Å². The highest BCUT2D eigenvalue weighted by atomic mass is 16.5. The van der Waals surface area contributed by atoms with Crippen molar-refractivity contribution in [3.63, 3.8) is 0 Å². The van der Waals surface area contributed by atoms with Crippen LogP contribution in [-0.2, 0) is 11.2 Å². The molecular formula is C9H11NO3. The van der Waals surface area contributed by atoms with Gasteiger partial charge in [-0.1, -0.05) is 0 Å². The molecule has 2 heterocycles. The van der Waals surface area contributed by atoms with E-state index in [0.29, 0.717) is 18.6 Å². The second-order valence-corrected chi connectivity index (χ2v) is 3.11. The van der Waals surface area contributed by atoms with Gasteiger partial charge in [-0.05, 0) is 12.8 Å². The van der Waals surface area contributed by atoms with Gasteiger partial charge in [-0.3, -0.25) is 4.79 Å². The molecule has 1 aromatic heterocycles. The van der Waals surface area contributed by atoms with E-state index < -0.39 is 0 Å². The predicted molar refractivity (Wildman–Crippen MR) is 44.6 cm³/mol. The van der Waals surface area contributed by atoms with E-state index in [1.165, 1.54) is 6.20 Å². The van der Waals surface area contributed by atoms with Gasteiger partial charge in [0, 0.05) is 6.61 Å². The standard InChI is InChI=1S/C9H11NO3/c11-6-8-5-10-9(13-8)4-7-2-1-3-12-7/h5-7H,1-4H2. The Bertz CT molecular complexity index is 289. The van der Waals surface area contributed by atoms with Crippen molar-refractivity contribution >= 4 is 6.29 Å². The molecule has 70 valence electrons. The van der Waals surface area contributed by atoms with Gasteiger partial charge in [-0.2, -0.15) is 0 Å². The highest BCUT2D eigenvalue weighted by Gasteiger charge is 2.18. The van der Waals surface area contributed by atoms with Crippen LogP contribution in [0.15, 0.2) is 10.6 Å². The summed E-state index contributed by atoms with van der Waals surface area (Å²) in [6, 6.07) is 0. The molecule has 4 nitrogen and oxygen atoms in total. The molecule has 1 unspecified atom stereocenters. The normalized spacial score (nSPS) is 22.0. The summed E-state index contributed by atoms with van der Waals surface area (Å²) in [5, 5.41) is 0. The third kappa shape index (κ3) is 1.95. The summed E-state index contributed by atoms with van der Waals surface area (Å²) in [5.74, 6) is 0.877. The number of carbonyl (C=O) groups is 1. The van der Waals surface area contributed by atoms with E-state index in [1.54, 1.807) is 0 Å². The largest absolute Gasteiger partial charge is 0.438 e. The van der Waals surface area contributed by atoms with Crippen LogP contribution in [0.5, 0.6) is 0 Å². The lowest BCUT2D eigenvalue weighted by atomic mass is 10.2. The molecule has 1 saturated heterocycles. The van der Waals surface area contributed by atoms with Crippen molar-refractivity contribution < 1.29 is 13.9 Å². The first-order chi connectivity index (χ1) is 6.38. The molecule has 0 amide bonds. The second-order valence-electron chi connectivity index (χ2n) is 3.11. The molecule has 1 atom stereocenters. The SMILES string of the molecule is O=Cc1cnc(CC2CCCO2)o1. The van der Waals surface area contributed by atoms with E-state index >= 15 is 0 Å². The van der Waals surface area contributed by atoms with Gasteiger partial charge >= 0.3 is 0 Å². The fourth-order valence-corrected chi connectivity index (χ4v) is 1.47. The smallest absolute Gasteiger partial charge is 0.197 e. The monoisotopic (exact) mass is 181 g/mol. The zero-order chi connectivity index (χ0) is 9.10. The number of oxazole rings is 1. The number of hydrogen-bond acceptors (Lipinski definition) is 4. The Kier molecular flexibility index (Phi) is 2.40. The molecular weight excluding hydrogens is 170 g/mol. The second kappa shape index (κ2) is 3.70. The van der Waals surface area contributed by atoms with Gasteiger partial charge < -0.3 is 9.15 Å². The first kappa shape index (κ1) is 8.44. The zero-order valence-electron chi connectivity index (χ0n) is 7.23. The van der Waals surface area contributed by atoms with E-state index in [2.05, 4.69) is 4.98 Å². The molecule has 1 fully saturated rings. The predicted octanol–water partition coefficient (Wildman–Crippen LogP) is 1.21. The summed E-state index contributed by atoms with van der Waals surface area (Å²) in [4.78, 5) is 14.3. The summed E-state index contributed by atoms with van der Waals surface area (Å²) >= 11 is 0. The molecule has 1 aliphatic rings. The van der Waals surface area contributed by atoms with Crippen LogP contribution in [0, 0.1) is 0 Å². The van der Waals surface area contributed by atoms with Gasteiger partial charge in [-0.15, -0.1) is 0 Å². The fraction of sp³-hybridized carbons (Fsp3) is 0.556. The summed E-state index contributed by atoms with van der Waals surface area (Å²) in [7, 11) is 0. The van der Waals surface area contributed by atoms with Crippen molar-refractivity contribution in [3.8, 4) is 0 Å². The molecule has 0 aliphatic carbocycles. The maximum atomic E-state index is 10.3. The number of hydrogen-bond donors (Lipinski definition) is 0. The first-order valence-electron chi connectivity index (χ1n) is 4.40. The summed E-state index contributed by atoms with van der Waals surface area (Å²) < 4.78 is 10.5. The van der Waals surface area contributed by atoms with Crippen LogP contribution in [0.3, 0.4) is 0 Å². The molecule has 0 N–H and O–H groups in total. The molecule has 0 radical (unpaired) electrons. The van der Waals surface area contributed by atoms with Crippen LogP contribution in [0.25, 0.3) is 0 Å². The van der Waals surface area contributed by atoms with Gasteiger partial charge in [-0.25, -0.2) is 4.98 Å². The lowest BCUT2D eigenvalue weighted by Gasteiger charge is -2.04. The van der Waals surface area contributed by atoms with Crippen LogP contribution in [-0.4, -0.2) is 24.0 Å². The summed E-state index contributed by atoms with van der Waals surface area (Å²) in [6.45, 7) is 0.825. The molecule has 0 aromatic carbocycles. The topological polar surface area (TPSA) is 52.3 Å². The Balaban J connectivity index is 1.96. The Morgan fingerprint density at radius 1 is 1.69 bits per heavy atom. The Morgan fingerprint density at radius 2 is 2.62 bits per heavy atom. The van der Waals surface area contributed by atoms with E-state index in [1.807, 2.05) is 0 Å². The highest BCUT2D eigenvalue weighted by molar-refractivity contribution is 5.69. The zero-order valence-corrected chi connectivity index (χ0v) is 7.23. The van der Waals surface area contributed by atoms with Crippen LogP contribution >= 0.6 is 0 Å². The molecule has 0 spiro atoms. The number of ether oxygens (including phenoxy) is 1. The Morgan fingerprint density at radius 3 is 3.23 bits per heavy atom. The lowest BCUT2D eigenvalue weighted by molar-refractivity contribution is 0.103. The molecule has 13 heavy (non-hydrogen) atoms. The molecule has 1 aliphatic heterocycles. The van der Waals surface area contributed by atoms with Crippen molar-refractivity contribution in [2.45, 2.75) is 25.4 Å². The molecule has 1 aromatic rings. The fourth-order valence-electron chi connectivity index (χ4n) is 1.47. The third-order valence-electron chi connectivity index (χ3n) is 2.11. The minimum absolute atomic E-state index is 0.221. The average Bonchev–Trinajstić information content (AvgIpc) is 2.76. The summed E-state index contributed by atoms with van der Waals surface area (Å²) in [5.41, 5.74) is 0. The molecule has 4 heteroatoms. The van der Waals surface area contributed by atoms with Crippen molar-refractivity contribution in [1.29, 1.82) is 0 Å². The van der Waals surface area contributed by atoms with Crippen LogP contribution in [0.4, 0.5) is 0 Å². The van der Waals surface area contributed by atoms with Crippen molar-refractivity contribution in [1.82, 2.24) is 4.98 Å². The van der Waals surface area contributed by atoms with Crippen LogP contribution in [0.2, 0.25) is 0 Å². The average molecular weight is 181 g/mol. The number of carbonyl (C=O) groups excluding carboxylic acids is 1. The van der Waals surface area contributed by atoms with E-state index in [0.717, 1.165) is 19.4 Å². The minimum Gasteiger partial charge on any atom is -0.438 e. The van der Waals surface area contributed by atoms with E-state index in [4.69, 9.17) is 9.15 Å². The Hall–Kier alpha value is -1.16. The minimum atomic E-state index is 0.221. The number of nitrogens with zero attached hydrogens (tertiary/aromatic N) is 1. The van der Waals surface area contributed by atoms with Gasteiger partial charge in [0.2, 0.25) is 0 Å². The Labute approximate surface area is 75.9 Å². The third-order valence-corrected chi connectivity index (χ3v) is 2.11. The maximum Gasteiger partial charge on any atom is 0.197 e. The molecule has 2 rings (SSSR count). The van der Waals surface area contributed by atoms with Crippen LogP contribution in [0.1, 0.15) is 29.3 Å². The quantitative estimate of drug-likeness (QED) is 0.657. The number of aldehydes is 1. The van der Waals surface area contributed by atoms with Crippen molar-refractivity contribution in [2.75, 3.05) is 6.61 Å². The lowest BCUT2D eigenvalue weighted by Crippen LogP contribution is -2.08. The van der Waals surface area contributed by atoms with Crippen molar-refractivity contribution in [3.05, 3.63) is 17.8 Å². The summed E-state index contributed by atoms with van der Waals surface area (Å²) in [6.07, 6.45) is 5.15. The number of aromatic nitrogens is 1. The molecule has 0 bridgehead atoms. The van der Waals surface area contributed by atoms with Gasteiger partial charge in [0.15, 0.2) is 17.9 Å². The number of rotatable bonds is 3. The maximum absolute atomic E-state index is 10.3. The van der Waals surface area contributed by atoms with E-state index in [-0.39, 0.29) is 11.9 Å². The molecule has 0 saturated carbocycles. The van der Waals surface area contributed by atoms with Crippen LogP contribution < -0.4 is 0 Å².